The second-order valence-corrected chi connectivity index (χ2v) is 10.2. The molecule has 0 bridgehead atoms. The molecule has 0 saturated carbocycles. The summed E-state index contributed by atoms with van der Waals surface area (Å²) in [5.41, 5.74) is 0.682. The van der Waals surface area contributed by atoms with E-state index in [-0.39, 0.29) is 28.6 Å². The Morgan fingerprint density at radius 3 is 2.30 bits per heavy atom. The number of H-pyrrole nitrogens is 1. The minimum absolute atomic E-state index is 0.0185. The number of amides is 3. The minimum Gasteiger partial charge on any atom is -0.338 e. The van der Waals surface area contributed by atoms with Crippen LogP contribution in [0.2, 0.25) is 0 Å². The third kappa shape index (κ3) is 4.78. The van der Waals surface area contributed by atoms with Gasteiger partial charge in [-0.25, -0.2) is 23.1 Å². The second-order valence-electron chi connectivity index (χ2n) is 10.2. The van der Waals surface area contributed by atoms with Crippen molar-refractivity contribution in [1.82, 2.24) is 20.0 Å². The summed E-state index contributed by atoms with van der Waals surface area (Å²) >= 11 is 0. The van der Waals surface area contributed by atoms with E-state index in [9.17, 15) is 27.6 Å². The number of rotatable bonds is 4. The van der Waals surface area contributed by atoms with Gasteiger partial charge in [0.25, 0.3) is 11.5 Å². The molecule has 3 amide bonds. The SMILES string of the molecule is O=C(Nc1cc(F)ccc1F)N1CC2CN(C(=O)c3cc(Cc4n[nH]c(=O)c5ccccc45)ccc3F)CC2C1. The molecule has 2 unspecified atom stereocenters. The van der Waals surface area contributed by atoms with Crippen molar-refractivity contribution in [2.24, 2.45) is 11.8 Å². The van der Waals surface area contributed by atoms with Crippen LogP contribution in [-0.2, 0) is 6.42 Å². The van der Waals surface area contributed by atoms with Gasteiger partial charge in [0.1, 0.15) is 17.5 Å². The number of carbonyl (C=O) groups is 2. The fourth-order valence-electron chi connectivity index (χ4n) is 5.63. The highest BCUT2D eigenvalue weighted by Crippen LogP contribution is 2.33. The number of fused-ring (bicyclic) bond motifs is 2. The zero-order chi connectivity index (χ0) is 28.0. The molecule has 2 N–H and O–H groups in total. The van der Waals surface area contributed by atoms with E-state index in [2.05, 4.69) is 15.5 Å². The zero-order valence-electron chi connectivity index (χ0n) is 21.2. The van der Waals surface area contributed by atoms with Crippen LogP contribution in [0.15, 0.2) is 65.5 Å². The minimum atomic E-state index is -0.736. The van der Waals surface area contributed by atoms with Crippen LogP contribution in [-0.4, -0.2) is 58.1 Å². The van der Waals surface area contributed by atoms with E-state index in [1.807, 2.05) is 0 Å². The standard InChI is InChI=1S/C29H24F3N5O3/c30-19-6-8-24(32)26(11-19)33-29(40)37-14-17-12-36(13-18(17)15-37)28(39)22-9-16(5-7-23(22)31)10-25-20-3-1-2-4-21(20)27(38)35-34-25/h1-9,11,17-18H,10,12-15H2,(H,33,40)(H,35,38). The molecule has 2 atom stereocenters. The van der Waals surface area contributed by atoms with E-state index >= 15 is 0 Å². The number of hydrogen-bond donors (Lipinski definition) is 2. The van der Waals surface area contributed by atoms with Gasteiger partial charge in [-0.15, -0.1) is 0 Å². The van der Waals surface area contributed by atoms with Crippen molar-refractivity contribution < 1.29 is 22.8 Å². The molecule has 8 nitrogen and oxygen atoms in total. The molecular weight excluding hydrogens is 523 g/mol. The van der Waals surface area contributed by atoms with E-state index in [1.165, 1.54) is 17.0 Å². The van der Waals surface area contributed by atoms with Gasteiger partial charge < -0.3 is 15.1 Å². The first-order valence-electron chi connectivity index (χ1n) is 12.8. The summed E-state index contributed by atoms with van der Waals surface area (Å²) in [7, 11) is 0. The van der Waals surface area contributed by atoms with Crippen molar-refractivity contribution >= 4 is 28.4 Å². The maximum absolute atomic E-state index is 14.8. The summed E-state index contributed by atoms with van der Waals surface area (Å²) in [6.45, 7) is 1.37. The Kier molecular flexibility index (Phi) is 6.49. The lowest BCUT2D eigenvalue weighted by atomic mass is 10.0. The molecule has 11 heteroatoms. The number of nitrogens with zero attached hydrogens (tertiary/aromatic N) is 3. The predicted molar refractivity (Wildman–Crippen MR) is 141 cm³/mol. The van der Waals surface area contributed by atoms with Gasteiger partial charge in [-0.1, -0.05) is 24.3 Å². The summed E-state index contributed by atoms with van der Waals surface area (Å²) in [6, 6.07) is 13.7. The summed E-state index contributed by atoms with van der Waals surface area (Å²) in [6.07, 6.45) is 0.291. The first kappa shape index (κ1) is 25.6. The molecule has 40 heavy (non-hydrogen) atoms. The van der Waals surface area contributed by atoms with Gasteiger partial charge in [0.2, 0.25) is 0 Å². The van der Waals surface area contributed by atoms with Crippen LogP contribution < -0.4 is 10.9 Å². The fraction of sp³-hybridized carbons (Fsp3) is 0.241. The van der Waals surface area contributed by atoms with Gasteiger partial charge in [0.05, 0.1) is 22.3 Å². The van der Waals surface area contributed by atoms with E-state index < -0.39 is 29.4 Å². The van der Waals surface area contributed by atoms with Crippen LogP contribution in [0, 0.1) is 29.3 Å². The molecule has 204 valence electrons. The molecule has 2 aliphatic heterocycles. The number of halogens is 3. The van der Waals surface area contributed by atoms with E-state index in [1.54, 1.807) is 35.2 Å². The number of benzene rings is 3. The Hall–Kier alpha value is -4.67. The summed E-state index contributed by atoms with van der Waals surface area (Å²) in [4.78, 5) is 41.2. The molecular formula is C29H24F3N5O3. The highest BCUT2D eigenvalue weighted by molar-refractivity contribution is 5.95. The number of hydrogen-bond acceptors (Lipinski definition) is 4. The number of aromatic nitrogens is 2. The lowest BCUT2D eigenvalue weighted by molar-refractivity contribution is 0.0772. The Morgan fingerprint density at radius 1 is 0.875 bits per heavy atom. The lowest BCUT2D eigenvalue weighted by Crippen LogP contribution is -2.38. The van der Waals surface area contributed by atoms with E-state index in [4.69, 9.17) is 0 Å². The smallest absolute Gasteiger partial charge is 0.321 e. The molecule has 0 radical (unpaired) electrons. The van der Waals surface area contributed by atoms with Crippen molar-refractivity contribution in [1.29, 1.82) is 0 Å². The highest BCUT2D eigenvalue weighted by Gasteiger charge is 2.43. The highest BCUT2D eigenvalue weighted by atomic mass is 19.1. The molecule has 3 aromatic carbocycles. The van der Waals surface area contributed by atoms with Gasteiger partial charge in [-0.3, -0.25) is 9.59 Å². The zero-order valence-corrected chi connectivity index (χ0v) is 21.2. The molecule has 0 aliphatic carbocycles. The number of likely N-dealkylation sites (tertiary alicyclic amines) is 2. The van der Waals surface area contributed by atoms with E-state index in [0.717, 1.165) is 18.2 Å². The van der Waals surface area contributed by atoms with Crippen molar-refractivity contribution in [3.05, 3.63) is 105 Å². The molecule has 3 heterocycles. The number of anilines is 1. The normalized spacial score (nSPS) is 18.3. The Labute approximate surface area is 226 Å². The summed E-state index contributed by atoms with van der Waals surface area (Å²) in [5, 5.41) is 10.2. The van der Waals surface area contributed by atoms with Gasteiger partial charge >= 0.3 is 6.03 Å². The number of carbonyl (C=O) groups excluding carboxylic acids is 2. The quantitative estimate of drug-likeness (QED) is 0.401. The fourth-order valence-corrected chi connectivity index (χ4v) is 5.63. The second kappa shape index (κ2) is 10.1. The molecule has 4 aromatic rings. The average Bonchev–Trinajstić information content (AvgIpc) is 3.53. The molecule has 6 rings (SSSR count). The van der Waals surface area contributed by atoms with Crippen LogP contribution in [0.25, 0.3) is 10.8 Å². The Bertz CT molecular complexity index is 1690. The van der Waals surface area contributed by atoms with Crippen LogP contribution in [0.1, 0.15) is 21.6 Å². The maximum Gasteiger partial charge on any atom is 0.321 e. The van der Waals surface area contributed by atoms with Crippen LogP contribution >= 0.6 is 0 Å². The third-order valence-corrected chi connectivity index (χ3v) is 7.64. The van der Waals surface area contributed by atoms with Gasteiger partial charge in [0.15, 0.2) is 0 Å². The molecule has 0 spiro atoms. The number of nitrogens with one attached hydrogen (secondary N) is 2. The third-order valence-electron chi connectivity index (χ3n) is 7.64. The van der Waals surface area contributed by atoms with E-state index in [0.29, 0.717) is 54.6 Å². The van der Waals surface area contributed by atoms with Crippen molar-refractivity contribution in [2.45, 2.75) is 6.42 Å². The Balaban J connectivity index is 1.13. The molecule has 2 saturated heterocycles. The summed E-state index contributed by atoms with van der Waals surface area (Å²) < 4.78 is 42.2. The van der Waals surface area contributed by atoms with Crippen molar-refractivity contribution in [3.63, 3.8) is 0 Å². The number of aromatic amines is 1. The van der Waals surface area contributed by atoms with Crippen LogP contribution in [0.3, 0.4) is 0 Å². The topological polar surface area (TPSA) is 98.4 Å². The molecule has 2 fully saturated rings. The predicted octanol–water partition coefficient (Wildman–Crippen LogP) is 4.17. The van der Waals surface area contributed by atoms with Crippen molar-refractivity contribution in [3.8, 4) is 0 Å². The first-order chi connectivity index (χ1) is 19.3. The summed E-state index contributed by atoms with van der Waals surface area (Å²) in [5.74, 6) is -2.51. The van der Waals surface area contributed by atoms with Gasteiger partial charge in [0, 0.05) is 55.9 Å². The Morgan fingerprint density at radius 2 is 1.55 bits per heavy atom. The molecule has 2 aliphatic rings. The van der Waals surface area contributed by atoms with Gasteiger partial charge in [-0.2, -0.15) is 5.10 Å². The number of urea groups is 1. The molecule has 1 aromatic heterocycles. The van der Waals surface area contributed by atoms with Gasteiger partial charge in [-0.05, 0) is 35.9 Å². The first-order valence-corrected chi connectivity index (χ1v) is 12.8. The van der Waals surface area contributed by atoms with Crippen LogP contribution in [0.5, 0.6) is 0 Å². The lowest BCUT2D eigenvalue weighted by Gasteiger charge is -2.22. The maximum atomic E-state index is 14.8. The monoisotopic (exact) mass is 547 g/mol. The largest absolute Gasteiger partial charge is 0.338 e. The van der Waals surface area contributed by atoms with Crippen molar-refractivity contribution in [2.75, 3.05) is 31.5 Å². The van der Waals surface area contributed by atoms with Crippen LogP contribution in [0.4, 0.5) is 23.7 Å². The average molecular weight is 548 g/mol.